The van der Waals surface area contributed by atoms with Crippen molar-refractivity contribution in [1.29, 1.82) is 0 Å². The lowest BCUT2D eigenvalue weighted by Gasteiger charge is -2.31. The monoisotopic (exact) mass is 313 g/mol. The standard InChI is InChI=1S/C13H19N3O2S2/c1-18-10-6-11(20-8-10)13(17)15-9-2-4-16(5-3-9)7-12(14)19/h6,8-9H,2-5,7H2,1H3,(H2,14,19)(H,15,17). The van der Waals surface area contributed by atoms with Gasteiger partial charge in [0.2, 0.25) is 0 Å². The van der Waals surface area contributed by atoms with Crippen LogP contribution in [0, 0.1) is 0 Å². The van der Waals surface area contributed by atoms with Crippen molar-refractivity contribution in [3.05, 3.63) is 16.3 Å². The van der Waals surface area contributed by atoms with Crippen LogP contribution in [0.15, 0.2) is 11.4 Å². The number of nitrogens with zero attached hydrogens (tertiary/aromatic N) is 1. The van der Waals surface area contributed by atoms with Crippen LogP contribution < -0.4 is 15.8 Å². The first kappa shape index (κ1) is 15.2. The Hall–Kier alpha value is -1.18. The smallest absolute Gasteiger partial charge is 0.261 e. The van der Waals surface area contributed by atoms with Gasteiger partial charge in [-0.25, -0.2) is 0 Å². The number of thiocarbonyl (C=S) groups is 1. The maximum absolute atomic E-state index is 12.1. The second-order valence-electron chi connectivity index (χ2n) is 4.84. The van der Waals surface area contributed by atoms with Crippen LogP contribution in [-0.2, 0) is 0 Å². The van der Waals surface area contributed by atoms with Crippen LogP contribution in [0.3, 0.4) is 0 Å². The molecule has 2 heterocycles. The number of piperidine rings is 1. The number of ether oxygens (including phenoxy) is 1. The number of thiophene rings is 1. The van der Waals surface area contributed by atoms with E-state index in [-0.39, 0.29) is 11.9 Å². The topological polar surface area (TPSA) is 67.6 Å². The molecule has 0 atom stereocenters. The molecule has 1 aromatic heterocycles. The number of hydrogen-bond donors (Lipinski definition) is 2. The highest BCUT2D eigenvalue weighted by atomic mass is 32.1. The molecule has 7 heteroatoms. The predicted octanol–water partition coefficient (Wildman–Crippen LogP) is 1.24. The largest absolute Gasteiger partial charge is 0.496 e. The molecule has 1 fully saturated rings. The maximum Gasteiger partial charge on any atom is 0.261 e. The van der Waals surface area contributed by atoms with Crippen LogP contribution in [0.4, 0.5) is 0 Å². The molecule has 3 N–H and O–H groups in total. The van der Waals surface area contributed by atoms with Crippen molar-refractivity contribution < 1.29 is 9.53 Å². The second kappa shape index (κ2) is 7.01. The average Bonchev–Trinajstić information content (AvgIpc) is 2.89. The third-order valence-corrected chi connectivity index (χ3v) is 4.37. The molecule has 0 bridgehead atoms. The number of hydrogen-bond acceptors (Lipinski definition) is 5. The van der Waals surface area contributed by atoms with Crippen LogP contribution in [0.5, 0.6) is 5.75 Å². The Morgan fingerprint density at radius 1 is 1.60 bits per heavy atom. The van der Waals surface area contributed by atoms with E-state index in [9.17, 15) is 4.79 Å². The number of carbonyl (C=O) groups is 1. The fourth-order valence-corrected chi connectivity index (χ4v) is 3.20. The molecule has 0 spiro atoms. The Labute approximate surface area is 128 Å². The van der Waals surface area contributed by atoms with E-state index in [1.54, 1.807) is 13.2 Å². The summed E-state index contributed by atoms with van der Waals surface area (Å²) in [5.74, 6) is 0.706. The summed E-state index contributed by atoms with van der Waals surface area (Å²) in [7, 11) is 1.60. The first-order chi connectivity index (χ1) is 9.58. The van der Waals surface area contributed by atoms with Gasteiger partial charge in [0.05, 0.1) is 17.0 Å². The van der Waals surface area contributed by atoms with Crippen molar-refractivity contribution in [2.75, 3.05) is 26.7 Å². The number of likely N-dealkylation sites (tertiary alicyclic amines) is 1. The molecule has 1 aliphatic heterocycles. The van der Waals surface area contributed by atoms with E-state index in [4.69, 9.17) is 22.7 Å². The molecule has 1 aliphatic rings. The summed E-state index contributed by atoms with van der Waals surface area (Å²) in [6, 6.07) is 1.99. The van der Waals surface area contributed by atoms with Crippen LogP contribution in [0.25, 0.3) is 0 Å². The number of rotatable bonds is 5. The van der Waals surface area contributed by atoms with E-state index in [1.165, 1.54) is 11.3 Å². The van der Waals surface area contributed by atoms with Crippen LogP contribution in [0.2, 0.25) is 0 Å². The van der Waals surface area contributed by atoms with Crippen molar-refractivity contribution in [1.82, 2.24) is 10.2 Å². The molecule has 0 aromatic carbocycles. The zero-order chi connectivity index (χ0) is 14.5. The van der Waals surface area contributed by atoms with E-state index in [0.717, 1.165) is 31.7 Å². The minimum absolute atomic E-state index is 0.0221. The fourth-order valence-electron chi connectivity index (χ4n) is 2.26. The molecule has 2 rings (SSSR count). The Morgan fingerprint density at radius 3 is 2.85 bits per heavy atom. The summed E-state index contributed by atoms with van der Waals surface area (Å²) < 4.78 is 5.09. The van der Waals surface area contributed by atoms with Crippen molar-refractivity contribution >= 4 is 34.5 Å². The van der Waals surface area contributed by atoms with Crippen molar-refractivity contribution in [2.24, 2.45) is 5.73 Å². The van der Waals surface area contributed by atoms with Crippen LogP contribution in [-0.4, -0.2) is 48.6 Å². The molecule has 0 aliphatic carbocycles. The van der Waals surface area contributed by atoms with E-state index in [1.807, 2.05) is 5.38 Å². The lowest BCUT2D eigenvalue weighted by molar-refractivity contribution is 0.0919. The summed E-state index contributed by atoms with van der Waals surface area (Å²) in [6.07, 6.45) is 1.85. The van der Waals surface area contributed by atoms with Gasteiger partial charge in [-0.2, -0.15) is 0 Å². The summed E-state index contributed by atoms with van der Waals surface area (Å²) >= 11 is 6.31. The zero-order valence-corrected chi connectivity index (χ0v) is 13.1. The minimum Gasteiger partial charge on any atom is -0.496 e. The quantitative estimate of drug-likeness (QED) is 0.801. The Kier molecular flexibility index (Phi) is 5.33. The average molecular weight is 313 g/mol. The molecule has 1 amide bonds. The minimum atomic E-state index is -0.0221. The van der Waals surface area contributed by atoms with E-state index in [0.29, 0.717) is 16.4 Å². The van der Waals surface area contributed by atoms with Crippen molar-refractivity contribution in [3.8, 4) is 5.75 Å². The van der Waals surface area contributed by atoms with Gasteiger partial charge >= 0.3 is 0 Å². The SMILES string of the molecule is COc1csc(C(=O)NC2CCN(CC(N)=S)CC2)c1. The Morgan fingerprint density at radius 2 is 2.30 bits per heavy atom. The Bertz CT molecular complexity index is 482. The molecular weight excluding hydrogens is 294 g/mol. The predicted molar refractivity (Wildman–Crippen MR) is 84.6 cm³/mol. The van der Waals surface area contributed by atoms with Gasteiger partial charge in [0, 0.05) is 37.1 Å². The van der Waals surface area contributed by atoms with Gasteiger partial charge in [-0.15, -0.1) is 11.3 Å². The summed E-state index contributed by atoms with van der Waals surface area (Å²) in [5.41, 5.74) is 5.54. The lowest BCUT2D eigenvalue weighted by Crippen LogP contribution is -2.46. The van der Waals surface area contributed by atoms with Crippen LogP contribution in [0.1, 0.15) is 22.5 Å². The summed E-state index contributed by atoms with van der Waals surface area (Å²) in [6.45, 7) is 2.49. The van der Waals surface area contributed by atoms with Gasteiger partial charge in [0.1, 0.15) is 5.75 Å². The molecule has 110 valence electrons. The first-order valence-corrected chi connectivity index (χ1v) is 7.81. The van der Waals surface area contributed by atoms with Crippen LogP contribution >= 0.6 is 23.6 Å². The van der Waals surface area contributed by atoms with E-state index in [2.05, 4.69) is 10.2 Å². The van der Waals surface area contributed by atoms with Crippen molar-refractivity contribution in [3.63, 3.8) is 0 Å². The highest BCUT2D eigenvalue weighted by Crippen LogP contribution is 2.21. The number of amides is 1. The Balaban J connectivity index is 1.80. The number of carbonyl (C=O) groups excluding carboxylic acids is 1. The van der Waals surface area contributed by atoms with Gasteiger partial charge in [0.25, 0.3) is 5.91 Å². The summed E-state index contributed by atoms with van der Waals surface area (Å²) in [4.78, 5) is 15.5. The fraction of sp³-hybridized carbons (Fsp3) is 0.538. The molecule has 1 aromatic rings. The van der Waals surface area contributed by atoms with Gasteiger partial charge < -0.3 is 15.8 Å². The molecule has 0 unspecified atom stereocenters. The molecule has 0 saturated carbocycles. The first-order valence-electron chi connectivity index (χ1n) is 6.52. The number of nitrogens with two attached hydrogens (primary N) is 1. The number of methoxy groups -OCH3 is 1. The van der Waals surface area contributed by atoms with Gasteiger partial charge in [-0.05, 0) is 12.8 Å². The van der Waals surface area contributed by atoms with Gasteiger partial charge in [-0.3, -0.25) is 9.69 Å². The second-order valence-corrected chi connectivity index (χ2v) is 6.28. The molecule has 20 heavy (non-hydrogen) atoms. The van der Waals surface area contributed by atoms with Gasteiger partial charge in [-0.1, -0.05) is 12.2 Å². The third kappa shape index (κ3) is 4.16. The summed E-state index contributed by atoms with van der Waals surface area (Å²) in [5, 5.41) is 4.90. The normalized spacial score (nSPS) is 16.9. The van der Waals surface area contributed by atoms with Gasteiger partial charge in [0.15, 0.2) is 0 Å². The highest BCUT2D eigenvalue weighted by molar-refractivity contribution is 7.80. The number of nitrogens with one attached hydrogen (secondary N) is 1. The lowest BCUT2D eigenvalue weighted by atomic mass is 10.0. The van der Waals surface area contributed by atoms with E-state index < -0.39 is 0 Å². The van der Waals surface area contributed by atoms with E-state index >= 15 is 0 Å². The van der Waals surface area contributed by atoms with Crippen molar-refractivity contribution in [2.45, 2.75) is 18.9 Å². The third-order valence-electron chi connectivity index (χ3n) is 3.34. The molecular formula is C13H19N3O2S2. The molecule has 0 radical (unpaired) electrons. The zero-order valence-electron chi connectivity index (χ0n) is 11.4. The highest BCUT2D eigenvalue weighted by Gasteiger charge is 2.21. The molecule has 1 saturated heterocycles. The molecule has 5 nitrogen and oxygen atoms in total. The maximum atomic E-state index is 12.1.